The molecule has 10 heteroatoms. The lowest BCUT2D eigenvalue weighted by molar-refractivity contribution is -0.112. The van der Waals surface area contributed by atoms with Gasteiger partial charge in [-0.05, 0) is 62.7 Å². The molecule has 1 aliphatic heterocycles. The van der Waals surface area contributed by atoms with Crippen LogP contribution in [0.3, 0.4) is 0 Å². The lowest BCUT2D eigenvalue weighted by atomic mass is 9.88. The van der Waals surface area contributed by atoms with E-state index in [-0.39, 0.29) is 23.3 Å². The van der Waals surface area contributed by atoms with E-state index in [0.29, 0.717) is 42.4 Å². The number of aliphatic hydroxyl groups excluding tert-OH is 1. The van der Waals surface area contributed by atoms with Gasteiger partial charge in [0.25, 0.3) is 5.91 Å². The van der Waals surface area contributed by atoms with Crippen molar-refractivity contribution < 1.29 is 38.4 Å². The number of aromatic hydroxyl groups is 1. The maximum atomic E-state index is 14.6. The molecular weight excluding hydrogens is 495 g/mol. The second-order valence-corrected chi connectivity index (χ2v) is 10.1. The number of primary amides is 1. The molecule has 0 saturated carbocycles. The number of amides is 2. The molecule has 1 aliphatic rings. The lowest BCUT2D eigenvalue weighted by Gasteiger charge is -2.30. The molecule has 0 saturated heterocycles. The standard InChI is InChI=1S/C28H41FN2O7/c1-15-10-19-13-21(20(29)14-22(19)32)31-27(34)16(2)8-7-9-23(36-5)26(38-28(30)35)18(4)12-17(3)25(33)24(11-15)37-6/h8,12-15,17,23-26,32-33H,7,9-11H2,1-6H3,(H2,30,35)(H,31,34)/t15-,17+,23+,24+,25-,26+/m1/s1. The van der Waals surface area contributed by atoms with Gasteiger partial charge in [0.2, 0.25) is 0 Å². The number of phenolic OH excluding ortho intramolecular Hbond substituents is 1. The molecule has 6 atom stereocenters. The van der Waals surface area contributed by atoms with Gasteiger partial charge in [-0.25, -0.2) is 9.18 Å². The number of halogens is 1. The predicted octanol–water partition coefficient (Wildman–Crippen LogP) is 4.22. The molecule has 38 heavy (non-hydrogen) atoms. The monoisotopic (exact) mass is 536 g/mol. The molecular formula is C28H41FN2O7. The minimum atomic E-state index is -0.960. The number of carbonyl (C=O) groups is 2. The zero-order valence-corrected chi connectivity index (χ0v) is 23.0. The quantitative estimate of drug-likeness (QED) is 0.335. The smallest absolute Gasteiger partial charge is 0.405 e. The van der Waals surface area contributed by atoms with E-state index in [4.69, 9.17) is 19.9 Å². The largest absolute Gasteiger partial charge is 0.508 e. The number of ether oxygens (including phenoxy) is 3. The average molecular weight is 537 g/mol. The molecule has 9 nitrogen and oxygen atoms in total. The van der Waals surface area contributed by atoms with Crippen LogP contribution in [0.1, 0.15) is 52.5 Å². The number of phenols is 1. The highest BCUT2D eigenvalue weighted by atomic mass is 19.1. The van der Waals surface area contributed by atoms with E-state index < -0.39 is 42.2 Å². The highest BCUT2D eigenvalue weighted by Crippen LogP contribution is 2.30. The first kappa shape index (κ1) is 31.3. The van der Waals surface area contributed by atoms with Gasteiger partial charge >= 0.3 is 6.09 Å². The highest BCUT2D eigenvalue weighted by Gasteiger charge is 2.30. The van der Waals surface area contributed by atoms with Crippen LogP contribution in [0.15, 0.2) is 35.4 Å². The normalized spacial score (nSPS) is 28.2. The van der Waals surface area contributed by atoms with Gasteiger partial charge in [-0.2, -0.15) is 0 Å². The summed E-state index contributed by atoms with van der Waals surface area (Å²) in [5.74, 6) is -1.90. The van der Waals surface area contributed by atoms with Crippen molar-refractivity contribution in [1.29, 1.82) is 0 Å². The fraction of sp³-hybridized carbons (Fsp3) is 0.571. The van der Waals surface area contributed by atoms with Gasteiger partial charge < -0.3 is 35.5 Å². The molecule has 0 aromatic heterocycles. The summed E-state index contributed by atoms with van der Waals surface area (Å²) in [6.45, 7) is 7.14. The third-order valence-electron chi connectivity index (χ3n) is 6.96. The van der Waals surface area contributed by atoms with Crippen LogP contribution in [-0.2, 0) is 25.4 Å². The van der Waals surface area contributed by atoms with Gasteiger partial charge in [0, 0.05) is 31.8 Å². The number of hydrogen-bond donors (Lipinski definition) is 4. The summed E-state index contributed by atoms with van der Waals surface area (Å²) in [5.41, 5.74) is 6.77. The Hall–Kier alpha value is -2.95. The second kappa shape index (κ2) is 14.3. The number of aliphatic hydroxyl groups is 1. The summed E-state index contributed by atoms with van der Waals surface area (Å²) in [5, 5.41) is 24.0. The third-order valence-corrected chi connectivity index (χ3v) is 6.96. The van der Waals surface area contributed by atoms with Gasteiger partial charge in [0.1, 0.15) is 11.6 Å². The molecule has 1 aromatic rings. The van der Waals surface area contributed by atoms with Crippen molar-refractivity contribution in [2.75, 3.05) is 19.5 Å². The summed E-state index contributed by atoms with van der Waals surface area (Å²) in [4.78, 5) is 24.4. The minimum absolute atomic E-state index is 0.0397. The number of nitrogens with two attached hydrogens (primary N) is 1. The fourth-order valence-electron chi connectivity index (χ4n) is 4.80. The van der Waals surface area contributed by atoms with Crippen LogP contribution >= 0.6 is 0 Å². The van der Waals surface area contributed by atoms with E-state index in [9.17, 15) is 24.2 Å². The van der Waals surface area contributed by atoms with Crippen LogP contribution < -0.4 is 11.1 Å². The molecule has 2 rings (SSSR count). The number of benzene rings is 1. The van der Waals surface area contributed by atoms with Crippen LogP contribution in [0.4, 0.5) is 14.9 Å². The minimum Gasteiger partial charge on any atom is -0.508 e. The number of nitrogens with one attached hydrogen (secondary N) is 1. The molecule has 0 aliphatic carbocycles. The Morgan fingerprint density at radius 3 is 2.42 bits per heavy atom. The predicted molar refractivity (Wildman–Crippen MR) is 142 cm³/mol. The van der Waals surface area contributed by atoms with E-state index in [1.54, 1.807) is 19.9 Å². The van der Waals surface area contributed by atoms with Crippen molar-refractivity contribution in [2.24, 2.45) is 17.6 Å². The highest BCUT2D eigenvalue weighted by molar-refractivity contribution is 6.03. The molecule has 212 valence electrons. The fourth-order valence-corrected chi connectivity index (χ4v) is 4.80. The second-order valence-electron chi connectivity index (χ2n) is 10.1. The summed E-state index contributed by atoms with van der Waals surface area (Å²) >= 11 is 0. The zero-order valence-electron chi connectivity index (χ0n) is 23.0. The Balaban J connectivity index is 2.51. The third kappa shape index (κ3) is 8.54. The Bertz CT molecular complexity index is 1040. The molecule has 0 radical (unpaired) electrons. The Kier molecular flexibility index (Phi) is 11.7. The van der Waals surface area contributed by atoms with E-state index in [1.165, 1.54) is 20.3 Å². The maximum absolute atomic E-state index is 14.6. The summed E-state index contributed by atoms with van der Waals surface area (Å²) in [6, 6.07) is 2.42. The van der Waals surface area contributed by atoms with E-state index in [2.05, 4.69) is 5.32 Å². The number of rotatable bonds is 3. The van der Waals surface area contributed by atoms with Crippen molar-refractivity contribution >= 4 is 17.7 Å². The molecule has 5 N–H and O–H groups in total. The van der Waals surface area contributed by atoms with Crippen molar-refractivity contribution in [3.05, 3.63) is 46.8 Å². The van der Waals surface area contributed by atoms with E-state index >= 15 is 0 Å². The summed E-state index contributed by atoms with van der Waals surface area (Å²) in [7, 11) is 3.00. The SMILES string of the molecule is CO[C@H]1C[C@H](C)Cc2cc(c(F)cc2O)NC(=O)C(C)=CCC[C@H](OC)[C@@H](OC(N)=O)C(C)=C[C@H](C)[C@H]1O. The van der Waals surface area contributed by atoms with Gasteiger partial charge in [0.05, 0.1) is 24.0 Å². The number of fused-ring (bicyclic) bond motifs is 2. The van der Waals surface area contributed by atoms with Crippen LogP contribution in [-0.4, -0.2) is 60.8 Å². The molecule has 2 amide bonds. The topological polar surface area (TPSA) is 140 Å². The van der Waals surface area contributed by atoms with Crippen molar-refractivity contribution in [3.8, 4) is 5.75 Å². The van der Waals surface area contributed by atoms with Gasteiger partial charge in [-0.15, -0.1) is 0 Å². The summed E-state index contributed by atoms with van der Waals surface area (Å²) in [6.07, 6.45) is 1.30. The number of anilines is 1. The molecule has 0 spiro atoms. The van der Waals surface area contributed by atoms with Crippen LogP contribution in [0, 0.1) is 17.7 Å². The Morgan fingerprint density at radius 1 is 1.16 bits per heavy atom. The van der Waals surface area contributed by atoms with Gasteiger partial charge in [-0.1, -0.05) is 26.0 Å². The molecule has 1 aromatic carbocycles. The number of allylic oxidation sites excluding steroid dienone is 1. The first-order valence-corrected chi connectivity index (χ1v) is 12.7. The molecule has 1 heterocycles. The summed E-state index contributed by atoms with van der Waals surface area (Å²) < 4.78 is 31.2. The van der Waals surface area contributed by atoms with Crippen LogP contribution in [0.5, 0.6) is 5.75 Å². The molecule has 2 bridgehead atoms. The van der Waals surface area contributed by atoms with Crippen LogP contribution in [0.25, 0.3) is 0 Å². The average Bonchev–Trinajstić information content (AvgIpc) is 2.85. The van der Waals surface area contributed by atoms with Crippen LogP contribution in [0.2, 0.25) is 0 Å². The van der Waals surface area contributed by atoms with Crippen molar-refractivity contribution in [2.45, 2.75) is 77.8 Å². The van der Waals surface area contributed by atoms with Crippen molar-refractivity contribution in [3.63, 3.8) is 0 Å². The first-order chi connectivity index (χ1) is 17.9. The number of hydrogen-bond acceptors (Lipinski definition) is 7. The maximum Gasteiger partial charge on any atom is 0.405 e. The van der Waals surface area contributed by atoms with E-state index in [1.807, 2.05) is 19.9 Å². The Labute approximate surface area is 223 Å². The molecule has 0 unspecified atom stereocenters. The van der Waals surface area contributed by atoms with Gasteiger partial charge in [0.15, 0.2) is 6.10 Å². The first-order valence-electron chi connectivity index (χ1n) is 12.7. The number of carbonyl (C=O) groups excluding carboxylic acids is 2. The van der Waals surface area contributed by atoms with Crippen molar-refractivity contribution in [1.82, 2.24) is 0 Å². The van der Waals surface area contributed by atoms with Gasteiger partial charge in [-0.3, -0.25) is 4.79 Å². The number of methoxy groups -OCH3 is 2. The van der Waals surface area contributed by atoms with E-state index in [0.717, 1.165) is 6.07 Å². The Morgan fingerprint density at radius 2 is 1.82 bits per heavy atom. The molecule has 0 fully saturated rings. The lowest BCUT2D eigenvalue weighted by Crippen LogP contribution is -2.37. The zero-order chi connectivity index (χ0) is 28.6.